The molecule has 0 fully saturated rings. The lowest BCUT2D eigenvalue weighted by Gasteiger charge is -2.23. The lowest BCUT2D eigenvalue weighted by atomic mass is 9.95. The van der Waals surface area contributed by atoms with E-state index in [2.05, 4.69) is 60.6 Å². The number of hydrogen-bond donors (Lipinski definition) is 1. The number of thioether (sulfide) groups is 1. The SMILES string of the molecule is CSc1ccc(CC2CC(C)C=NN2)c2cnn(COCC[Si](C)(C)C)c12. The van der Waals surface area contributed by atoms with E-state index >= 15 is 0 Å². The molecule has 2 heterocycles. The van der Waals surface area contributed by atoms with Gasteiger partial charge in [-0.25, -0.2) is 4.68 Å². The van der Waals surface area contributed by atoms with E-state index in [0.717, 1.165) is 19.4 Å². The van der Waals surface area contributed by atoms with Crippen LogP contribution in [-0.2, 0) is 17.9 Å². The third-order valence-corrected chi connectivity index (χ3v) is 7.47. The van der Waals surface area contributed by atoms with Crippen LogP contribution in [0.1, 0.15) is 18.9 Å². The molecule has 1 aliphatic rings. The van der Waals surface area contributed by atoms with Gasteiger partial charge in [-0.15, -0.1) is 11.8 Å². The fourth-order valence-electron chi connectivity index (χ4n) is 3.43. The number of fused-ring (bicyclic) bond motifs is 1. The number of aromatic nitrogens is 2. The van der Waals surface area contributed by atoms with Crippen molar-refractivity contribution in [2.45, 2.75) is 63.1 Å². The van der Waals surface area contributed by atoms with Crippen molar-refractivity contribution in [3.63, 3.8) is 0 Å². The molecule has 2 unspecified atom stereocenters. The molecule has 27 heavy (non-hydrogen) atoms. The Morgan fingerprint density at radius 2 is 2.15 bits per heavy atom. The van der Waals surface area contributed by atoms with Gasteiger partial charge in [0.05, 0.1) is 11.7 Å². The number of hydrogen-bond acceptors (Lipinski definition) is 5. The predicted molar refractivity (Wildman–Crippen MR) is 119 cm³/mol. The van der Waals surface area contributed by atoms with Gasteiger partial charge in [0.15, 0.2) is 0 Å². The molecule has 1 N–H and O–H groups in total. The van der Waals surface area contributed by atoms with Crippen LogP contribution in [0.3, 0.4) is 0 Å². The van der Waals surface area contributed by atoms with Crippen LogP contribution >= 0.6 is 11.8 Å². The maximum absolute atomic E-state index is 5.96. The van der Waals surface area contributed by atoms with E-state index in [1.807, 2.05) is 17.1 Å². The van der Waals surface area contributed by atoms with E-state index < -0.39 is 8.07 Å². The number of hydrazone groups is 1. The molecular formula is C20H32N4OSSi. The number of benzene rings is 1. The number of ether oxygens (including phenoxy) is 1. The van der Waals surface area contributed by atoms with Gasteiger partial charge in [-0.2, -0.15) is 10.2 Å². The summed E-state index contributed by atoms with van der Waals surface area (Å²) in [7, 11) is -1.07. The van der Waals surface area contributed by atoms with E-state index in [0.29, 0.717) is 18.7 Å². The van der Waals surface area contributed by atoms with Gasteiger partial charge in [0.1, 0.15) is 6.73 Å². The van der Waals surface area contributed by atoms with Crippen molar-refractivity contribution in [2.24, 2.45) is 11.0 Å². The molecule has 0 saturated heterocycles. The first-order valence-electron chi connectivity index (χ1n) is 9.75. The highest BCUT2D eigenvalue weighted by Gasteiger charge is 2.19. The van der Waals surface area contributed by atoms with E-state index in [1.165, 1.54) is 27.4 Å². The summed E-state index contributed by atoms with van der Waals surface area (Å²) in [5.41, 5.74) is 5.80. The van der Waals surface area contributed by atoms with Crippen LogP contribution in [0.15, 0.2) is 28.3 Å². The fourth-order valence-corrected chi connectivity index (χ4v) is 4.80. The quantitative estimate of drug-likeness (QED) is 0.397. The first kappa shape index (κ1) is 20.4. The first-order valence-corrected chi connectivity index (χ1v) is 14.7. The zero-order valence-corrected chi connectivity index (χ0v) is 19.0. The van der Waals surface area contributed by atoms with Crippen LogP contribution < -0.4 is 5.43 Å². The highest BCUT2D eigenvalue weighted by atomic mass is 32.2. The van der Waals surface area contributed by atoms with Crippen LogP contribution in [0.4, 0.5) is 0 Å². The fraction of sp³-hybridized carbons (Fsp3) is 0.600. The highest BCUT2D eigenvalue weighted by Crippen LogP contribution is 2.30. The summed E-state index contributed by atoms with van der Waals surface area (Å²) < 4.78 is 7.98. The monoisotopic (exact) mass is 404 g/mol. The zero-order chi connectivity index (χ0) is 19.4. The summed E-state index contributed by atoms with van der Waals surface area (Å²) in [6.45, 7) is 10.7. The van der Waals surface area contributed by atoms with Gasteiger partial charge in [-0.3, -0.25) is 0 Å². The van der Waals surface area contributed by atoms with Crippen LogP contribution in [0.2, 0.25) is 25.7 Å². The zero-order valence-electron chi connectivity index (χ0n) is 17.2. The second kappa shape index (κ2) is 8.79. The van der Waals surface area contributed by atoms with Crippen molar-refractivity contribution < 1.29 is 4.74 Å². The summed E-state index contributed by atoms with van der Waals surface area (Å²) in [6, 6.07) is 6.03. The maximum atomic E-state index is 5.96. The lowest BCUT2D eigenvalue weighted by Crippen LogP contribution is -2.33. The van der Waals surface area contributed by atoms with Crippen molar-refractivity contribution in [2.75, 3.05) is 12.9 Å². The van der Waals surface area contributed by atoms with Crippen molar-refractivity contribution in [1.82, 2.24) is 15.2 Å². The van der Waals surface area contributed by atoms with Crippen LogP contribution in [0.25, 0.3) is 10.9 Å². The third-order valence-electron chi connectivity index (χ3n) is 4.99. The molecular weight excluding hydrogens is 372 g/mol. The van der Waals surface area contributed by atoms with Gasteiger partial charge in [-0.05, 0) is 42.7 Å². The van der Waals surface area contributed by atoms with E-state index in [4.69, 9.17) is 4.74 Å². The second-order valence-corrected chi connectivity index (χ2v) is 15.2. The van der Waals surface area contributed by atoms with E-state index in [-0.39, 0.29) is 0 Å². The largest absolute Gasteiger partial charge is 0.360 e. The van der Waals surface area contributed by atoms with E-state index in [1.54, 1.807) is 11.8 Å². The molecule has 0 spiro atoms. The normalized spacial score (nSPS) is 20.2. The van der Waals surface area contributed by atoms with Gasteiger partial charge in [-0.1, -0.05) is 32.6 Å². The number of nitrogens with zero attached hydrogens (tertiary/aromatic N) is 3. The van der Waals surface area contributed by atoms with Crippen molar-refractivity contribution in [1.29, 1.82) is 0 Å². The molecule has 1 aromatic carbocycles. The molecule has 5 nitrogen and oxygen atoms in total. The number of rotatable bonds is 8. The smallest absolute Gasteiger partial charge is 0.140 e. The van der Waals surface area contributed by atoms with Crippen LogP contribution in [0.5, 0.6) is 0 Å². The predicted octanol–water partition coefficient (Wildman–Crippen LogP) is 4.60. The molecule has 2 aromatic rings. The van der Waals surface area contributed by atoms with Crippen molar-refractivity contribution >= 4 is 37.0 Å². The standard InChI is InChI=1S/C20H32N4OSSi/c1-15-10-17(23-21-12-15)11-16-6-7-19(26-2)20-18(16)13-22-24(20)14-25-8-9-27(3,4)5/h6-7,12-13,15,17,23H,8-11,14H2,1-5H3. The molecule has 1 aromatic heterocycles. The average Bonchev–Trinajstić information content (AvgIpc) is 3.03. The van der Waals surface area contributed by atoms with Crippen LogP contribution in [-0.4, -0.2) is 43.0 Å². The Hall–Kier alpha value is -1.31. The average molecular weight is 405 g/mol. The summed E-state index contributed by atoms with van der Waals surface area (Å²) in [6.07, 6.45) is 8.20. The highest BCUT2D eigenvalue weighted by molar-refractivity contribution is 7.98. The van der Waals surface area contributed by atoms with Gasteiger partial charge in [0.2, 0.25) is 0 Å². The molecule has 148 valence electrons. The van der Waals surface area contributed by atoms with Gasteiger partial charge in [0, 0.05) is 37.2 Å². The summed E-state index contributed by atoms with van der Waals surface area (Å²) >= 11 is 1.77. The number of nitrogens with one attached hydrogen (secondary N) is 1. The molecule has 0 radical (unpaired) electrons. The topological polar surface area (TPSA) is 51.4 Å². The lowest BCUT2D eigenvalue weighted by molar-refractivity contribution is 0.0814. The molecule has 7 heteroatoms. The summed E-state index contributed by atoms with van der Waals surface area (Å²) in [5, 5.41) is 10.2. The summed E-state index contributed by atoms with van der Waals surface area (Å²) in [5.74, 6) is 0.528. The molecule has 2 atom stereocenters. The molecule has 0 aliphatic carbocycles. The van der Waals surface area contributed by atoms with Gasteiger partial charge in [0.25, 0.3) is 0 Å². The van der Waals surface area contributed by atoms with Crippen molar-refractivity contribution in [3.05, 3.63) is 23.9 Å². The Bertz CT molecular complexity index is 799. The molecule has 3 rings (SSSR count). The second-order valence-electron chi connectivity index (χ2n) is 8.70. The van der Waals surface area contributed by atoms with Crippen molar-refractivity contribution in [3.8, 4) is 0 Å². The molecule has 0 bridgehead atoms. The molecule has 0 saturated carbocycles. The Kier molecular flexibility index (Phi) is 6.65. The van der Waals surface area contributed by atoms with Gasteiger partial charge >= 0.3 is 0 Å². The Morgan fingerprint density at radius 3 is 2.85 bits per heavy atom. The third kappa shape index (κ3) is 5.36. The minimum absolute atomic E-state index is 0.379. The Balaban J connectivity index is 1.77. The summed E-state index contributed by atoms with van der Waals surface area (Å²) in [4.78, 5) is 1.25. The Morgan fingerprint density at radius 1 is 1.33 bits per heavy atom. The minimum Gasteiger partial charge on any atom is -0.360 e. The molecule has 0 amide bonds. The Labute approximate surface area is 167 Å². The van der Waals surface area contributed by atoms with E-state index in [9.17, 15) is 0 Å². The minimum atomic E-state index is -1.07. The van der Waals surface area contributed by atoms with Crippen LogP contribution in [0, 0.1) is 5.92 Å². The molecule has 1 aliphatic heterocycles. The maximum Gasteiger partial charge on any atom is 0.140 e. The van der Waals surface area contributed by atoms with Gasteiger partial charge < -0.3 is 10.2 Å². The first-order chi connectivity index (χ1) is 12.9.